The third kappa shape index (κ3) is 3.56. The van der Waals surface area contributed by atoms with Gasteiger partial charge in [-0.2, -0.15) is 0 Å². The Kier molecular flexibility index (Phi) is 5.69. The Labute approximate surface area is 179 Å². The van der Waals surface area contributed by atoms with Gasteiger partial charge >= 0.3 is 0 Å². The molecule has 146 valence electrons. The molecule has 0 spiro atoms. The molecule has 0 aromatic heterocycles. The molecule has 6 heteroatoms. The van der Waals surface area contributed by atoms with Gasteiger partial charge in [0.05, 0.1) is 6.54 Å². The molecule has 4 atom stereocenters. The van der Waals surface area contributed by atoms with E-state index in [4.69, 9.17) is 34.8 Å². The van der Waals surface area contributed by atoms with Gasteiger partial charge in [-0.05, 0) is 66.0 Å². The van der Waals surface area contributed by atoms with Gasteiger partial charge in [-0.15, -0.1) is 0 Å². The molecule has 1 heterocycles. The Bertz CT molecular complexity index is 899. The van der Waals surface area contributed by atoms with Gasteiger partial charge in [0, 0.05) is 27.5 Å². The number of hydrogen-bond acceptors (Lipinski definition) is 2. The van der Waals surface area contributed by atoms with Gasteiger partial charge in [0.2, 0.25) is 5.91 Å². The Morgan fingerprint density at radius 3 is 2.32 bits per heavy atom. The lowest BCUT2D eigenvalue weighted by Crippen LogP contribution is -2.32. The summed E-state index contributed by atoms with van der Waals surface area (Å²) in [4.78, 5) is 25.5. The van der Waals surface area contributed by atoms with Crippen molar-refractivity contribution in [2.45, 2.75) is 24.7 Å². The monoisotopic (exact) mass is 435 g/mol. The van der Waals surface area contributed by atoms with Crippen LogP contribution in [0, 0.1) is 11.8 Å². The molecule has 1 aliphatic heterocycles. The SMILES string of the molecule is O=CCN1CC2C(CCC(c3ccc(Cl)cc3Cl)C2c2ccc(Cl)cc2)C1=O. The summed E-state index contributed by atoms with van der Waals surface area (Å²) in [6.07, 6.45) is 2.46. The Balaban J connectivity index is 1.77. The minimum absolute atomic E-state index is 0.0528. The van der Waals surface area contributed by atoms with Crippen LogP contribution in [0.2, 0.25) is 15.1 Å². The van der Waals surface area contributed by atoms with E-state index in [-0.39, 0.29) is 36.1 Å². The van der Waals surface area contributed by atoms with Crippen molar-refractivity contribution in [3.63, 3.8) is 0 Å². The number of benzene rings is 2. The Morgan fingerprint density at radius 1 is 0.964 bits per heavy atom. The van der Waals surface area contributed by atoms with E-state index < -0.39 is 0 Å². The topological polar surface area (TPSA) is 37.4 Å². The van der Waals surface area contributed by atoms with Crippen LogP contribution in [0.3, 0.4) is 0 Å². The van der Waals surface area contributed by atoms with Crippen molar-refractivity contribution in [2.24, 2.45) is 11.8 Å². The first-order valence-corrected chi connectivity index (χ1v) is 10.6. The summed E-state index contributed by atoms with van der Waals surface area (Å²) in [5.74, 6) is 0.477. The van der Waals surface area contributed by atoms with Crippen molar-refractivity contribution in [1.29, 1.82) is 0 Å². The van der Waals surface area contributed by atoms with Crippen LogP contribution in [0.25, 0.3) is 0 Å². The van der Waals surface area contributed by atoms with Crippen molar-refractivity contribution >= 4 is 47.0 Å². The van der Waals surface area contributed by atoms with Crippen LogP contribution in [-0.2, 0) is 9.59 Å². The zero-order valence-corrected chi connectivity index (χ0v) is 17.4. The first-order valence-electron chi connectivity index (χ1n) is 9.42. The number of nitrogens with zero attached hydrogens (tertiary/aromatic N) is 1. The molecule has 1 saturated carbocycles. The summed E-state index contributed by atoms with van der Waals surface area (Å²) in [5.41, 5.74) is 2.21. The number of amides is 1. The smallest absolute Gasteiger partial charge is 0.226 e. The quantitative estimate of drug-likeness (QED) is 0.587. The van der Waals surface area contributed by atoms with E-state index >= 15 is 0 Å². The Hall–Kier alpha value is -1.55. The van der Waals surface area contributed by atoms with Crippen LogP contribution >= 0.6 is 34.8 Å². The second kappa shape index (κ2) is 8.06. The summed E-state index contributed by atoms with van der Waals surface area (Å²) in [6.45, 7) is 0.753. The molecule has 1 aliphatic carbocycles. The predicted octanol–water partition coefficient (Wildman–Crippen LogP) is 5.58. The summed E-state index contributed by atoms with van der Waals surface area (Å²) < 4.78 is 0. The molecule has 2 fully saturated rings. The fourth-order valence-electron chi connectivity index (χ4n) is 5.00. The van der Waals surface area contributed by atoms with E-state index in [0.29, 0.717) is 21.6 Å². The molecule has 1 amide bonds. The van der Waals surface area contributed by atoms with Crippen LogP contribution in [0.15, 0.2) is 42.5 Å². The highest BCUT2D eigenvalue weighted by molar-refractivity contribution is 6.35. The van der Waals surface area contributed by atoms with Crippen LogP contribution in [-0.4, -0.2) is 30.2 Å². The molecule has 2 aromatic carbocycles. The van der Waals surface area contributed by atoms with Gasteiger partial charge in [0.15, 0.2) is 0 Å². The zero-order chi connectivity index (χ0) is 19.8. The summed E-state index contributed by atoms with van der Waals surface area (Å²) in [6, 6.07) is 13.5. The van der Waals surface area contributed by atoms with Crippen LogP contribution in [0.5, 0.6) is 0 Å². The maximum atomic E-state index is 12.8. The van der Waals surface area contributed by atoms with Gasteiger partial charge in [0.25, 0.3) is 0 Å². The first kappa shape index (κ1) is 19.8. The molecule has 2 aliphatic rings. The summed E-state index contributed by atoms with van der Waals surface area (Å²) in [7, 11) is 0. The summed E-state index contributed by atoms with van der Waals surface area (Å²) in [5, 5.41) is 1.95. The fourth-order valence-corrected chi connectivity index (χ4v) is 5.67. The average molecular weight is 437 g/mol. The van der Waals surface area contributed by atoms with Gasteiger partial charge < -0.3 is 9.69 Å². The molecule has 4 rings (SSSR count). The zero-order valence-electron chi connectivity index (χ0n) is 15.2. The molecule has 28 heavy (non-hydrogen) atoms. The third-order valence-corrected chi connectivity index (χ3v) is 6.99. The van der Waals surface area contributed by atoms with Crippen LogP contribution < -0.4 is 0 Å². The maximum absolute atomic E-state index is 12.8. The number of carbonyl (C=O) groups excluding carboxylic acids is 2. The highest BCUT2D eigenvalue weighted by Crippen LogP contribution is 2.53. The molecular weight excluding hydrogens is 417 g/mol. The van der Waals surface area contributed by atoms with E-state index in [1.807, 2.05) is 36.4 Å². The lowest BCUT2D eigenvalue weighted by Gasteiger charge is -2.40. The van der Waals surface area contributed by atoms with Gasteiger partial charge in [-0.25, -0.2) is 0 Å². The number of fused-ring (bicyclic) bond motifs is 1. The van der Waals surface area contributed by atoms with Crippen molar-refractivity contribution in [3.05, 3.63) is 68.7 Å². The third-order valence-electron chi connectivity index (χ3n) is 6.17. The number of aldehydes is 1. The second-order valence-electron chi connectivity index (χ2n) is 7.61. The fraction of sp³-hybridized carbons (Fsp3) is 0.364. The Morgan fingerprint density at radius 2 is 1.64 bits per heavy atom. The number of likely N-dealkylation sites (tertiary alicyclic amines) is 1. The highest BCUT2D eigenvalue weighted by Gasteiger charge is 2.50. The lowest BCUT2D eigenvalue weighted by molar-refractivity contribution is -0.133. The van der Waals surface area contributed by atoms with Gasteiger partial charge in [-0.1, -0.05) is 53.0 Å². The predicted molar refractivity (Wildman–Crippen MR) is 112 cm³/mol. The molecular formula is C22H20Cl3NO2. The number of rotatable bonds is 4. The number of hydrogen-bond donors (Lipinski definition) is 0. The molecule has 2 aromatic rings. The van der Waals surface area contributed by atoms with E-state index in [2.05, 4.69) is 0 Å². The molecule has 0 radical (unpaired) electrons. The maximum Gasteiger partial charge on any atom is 0.226 e. The van der Waals surface area contributed by atoms with E-state index in [0.717, 1.165) is 30.3 Å². The molecule has 0 N–H and O–H groups in total. The van der Waals surface area contributed by atoms with E-state index in [1.165, 1.54) is 0 Å². The highest BCUT2D eigenvalue weighted by atomic mass is 35.5. The second-order valence-corrected chi connectivity index (χ2v) is 8.89. The average Bonchev–Trinajstić information content (AvgIpc) is 2.98. The van der Waals surface area contributed by atoms with Gasteiger partial charge in [-0.3, -0.25) is 4.79 Å². The minimum Gasteiger partial charge on any atom is -0.335 e. The van der Waals surface area contributed by atoms with Crippen molar-refractivity contribution < 1.29 is 9.59 Å². The molecule has 3 nitrogen and oxygen atoms in total. The van der Waals surface area contributed by atoms with E-state index in [9.17, 15) is 9.59 Å². The van der Waals surface area contributed by atoms with Gasteiger partial charge in [0.1, 0.15) is 6.29 Å². The molecule has 0 bridgehead atoms. The minimum atomic E-state index is -0.0528. The van der Waals surface area contributed by atoms with Crippen molar-refractivity contribution in [3.8, 4) is 0 Å². The normalized spacial score (nSPS) is 27.0. The largest absolute Gasteiger partial charge is 0.335 e. The van der Waals surface area contributed by atoms with Crippen molar-refractivity contribution in [2.75, 3.05) is 13.1 Å². The van der Waals surface area contributed by atoms with Crippen molar-refractivity contribution in [1.82, 2.24) is 4.90 Å². The lowest BCUT2D eigenvalue weighted by atomic mass is 9.63. The van der Waals surface area contributed by atoms with Crippen LogP contribution in [0.1, 0.15) is 35.8 Å². The number of carbonyl (C=O) groups is 2. The van der Waals surface area contributed by atoms with E-state index in [1.54, 1.807) is 11.0 Å². The molecule has 1 saturated heterocycles. The number of halogens is 3. The first-order chi connectivity index (χ1) is 13.5. The standard InChI is InChI=1S/C22H20Cl3NO2/c23-14-3-1-13(2-4-14)21-17(16-6-5-15(24)11-20(16)25)7-8-18-19(21)12-26(9-10-27)22(18)28/h1-6,10-11,17-19,21H,7-9,12H2. The van der Waals surface area contributed by atoms with Crippen LogP contribution in [0.4, 0.5) is 0 Å². The summed E-state index contributed by atoms with van der Waals surface area (Å²) >= 11 is 18.8. The molecule has 4 unspecified atom stereocenters.